The first kappa shape index (κ1) is 15.7. The Morgan fingerprint density at radius 1 is 1.38 bits per heavy atom. The van der Waals surface area contributed by atoms with Crippen LogP contribution in [0.3, 0.4) is 0 Å². The maximum atomic E-state index is 13.8. The van der Waals surface area contributed by atoms with E-state index in [1.165, 1.54) is 12.1 Å². The fourth-order valence-electron chi connectivity index (χ4n) is 2.20. The topological polar surface area (TPSA) is 46.9 Å². The minimum atomic E-state index is -0.553. The van der Waals surface area contributed by atoms with Gasteiger partial charge in [-0.3, -0.25) is 9.48 Å². The predicted octanol–water partition coefficient (Wildman–Crippen LogP) is 4.23. The number of carbonyl (C=O) groups excluding carboxylic acids is 1. The van der Waals surface area contributed by atoms with Crippen LogP contribution >= 0.6 is 15.9 Å². The van der Waals surface area contributed by atoms with E-state index in [0.29, 0.717) is 15.9 Å². The second-order valence-electron chi connectivity index (χ2n) is 5.16. The van der Waals surface area contributed by atoms with Crippen molar-refractivity contribution >= 4 is 27.5 Å². The Morgan fingerprint density at radius 3 is 2.62 bits per heavy atom. The van der Waals surface area contributed by atoms with Crippen molar-refractivity contribution in [2.75, 3.05) is 5.32 Å². The maximum absolute atomic E-state index is 13.8. The molecule has 0 fully saturated rings. The van der Waals surface area contributed by atoms with Gasteiger partial charge in [-0.1, -0.05) is 15.9 Å². The third-order valence-corrected chi connectivity index (χ3v) is 3.72. The number of benzene rings is 1. The number of hydrogen-bond acceptors (Lipinski definition) is 2. The molecule has 0 spiro atoms. The average Bonchev–Trinajstić information content (AvgIpc) is 2.69. The Morgan fingerprint density at radius 2 is 2.05 bits per heavy atom. The second-order valence-corrected chi connectivity index (χ2v) is 6.08. The largest absolute Gasteiger partial charge is 0.319 e. The summed E-state index contributed by atoms with van der Waals surface area (Å²) in [6, 6.07) is 4.47. The van der Waals surface area contributed by atoms with Crippen molar-refractivity contribution in [3.63, 3.8) is 0 Å². The molecule has 4 nitrogen and oxygen atoms in total. The lowest BCUT2D eigenvalue weighted by atomic mass is 10.2. The van der Waals surface area contributed by atoms with Crippen molar-refractivity contribution in [3.8, 4) is 0 Å². The molecule has 0 saturated carbocycles. The molecule has 0 unspecified atom stereocenters. The number of halogens is 2. The summed E-state index contributed by atoms with van der Waals surface area (Å²) in [5.41, 5.74) is 2.20. The Labute approximate surface area is 131 Å². The normalized spacial score (nSPS) is 11.0. The lowest BCUT2D eigenvalue weighted by Crippen LogP contribution is -2.15. The zero-order chi connectivity index (χ0) is 15.7. The molecular formula is C15H17BrFN3O. The van der Waals surface area contributed by atoms with Crippen LogP contribution in [0.4, 0.5) is 10.1 Å². The molecule has 1 N–H and O–H groups in total. The van der Waals surface area contributed by atoms with E-state index < -0.39 is 11.7 Å². The number of nitrogens with one attached hydrogen (secondary N) is 1. The fourth-order valence-corrected chi connectivity index (χ4v) is 2.56. The van der Waals surface area contributed by atoms with Crippen LogP contribution in [-0.4, -0.2) is 15.7 Å². The Kier molecular flexibility index (Phi) is 4.46. The summed E-state index contributed by atoms with van der Waals surface area (Å²) in [5, 5.41) is 7.15. The van der Waals surface area contributed by atoms with Crippen LogP contribution in [0.15, 0.2) is 22.7 Å². The van der Waals surface area contributed by atoms with Gasteiger partial charge in [-0.05, 0) is 45.9 Å². The minimum absolute atomic E-state index is 0.000437. The highest BCUT2D eigenvalue weighted by molar-refractivity contribution is 9.10. The van der Waals surface area contributed by atoms with Crippen molar-refractivity contribution in [1.29, 1.82) is 0 Å². The summed E-state index contributed by atoms with van der Waals surface area (Å²) in [6.45, 7) is 7.73. The number of rotatable bonds is 3. The van der Waals surface area contributed by atoms with Crippen LogP contribution in [0.1, 0.15) is 41.6 Å². The number of aryl methyl sites for hydroxylation is 1. The van der Waals surface area contributed by atoms with Gasteiger partial charge >= 0.3 is 0 Å². The molecule has 21 heavy (non-hydrogen) atoms. The quantitative estimate of drug-likeness (QED) is 0.897. The van der Waals surface area contributed by atoms with Gasteiger partial charge in [0.1, 0.15) is 5.82 Å². The van der Waals surface area contributed by atoms with E-state index in [0.717, 1.165) is 5.69 Å². The Balaban J connectivity index is 2.34. The molecule has 112 valence electrons. The van der Waals surface area contributed by atoms with Crippen LogP contribution in [0, 0.1) is 19.7 Å². The fraction of sp³-hybridized carbons (Fsp3) is 0.333. The smallest absolute Gasteiger partial charge is 0.258 e. The van der Waals surface area contributed by atoms with Gasteiger partial charge in [0.15, 0.2) is 0 Å². The lowest BCUT2D eigenvalue weighted by Gasteiger charge is -2.10. The highest BCUT2D eigenvalue weighted by Crippen LogP contribution is 2.24. The highest BCUT2D eigenvalue weighted by Gasteiger charge is 2.18. The Bertz CT molecular complexity index is 694. The minimum Gasteiger partial charge on any atom is -0.319 e. The van der Waals surface area contributed by atoms with Gasteiger partial charge in [0.25, 0.3) is 5.91 Å². The first-order valence-corrected chi connectivity index (χ1v) is 7.42. The molecule has 2 aromatic rings. The molecule has 1 aromatic carbocycles. The van der Waals surface area contributed by atoms with Crippen molar-refractivity contribution in [1.82, 2.24) is 9.78 Å². The van der Waals surface area contributed by atoms with Gasteiger partial charge in [0.05, 0.1) is 22.6 Å². The summed E-state index contributed by atoms with van der Waals surface area (Å²) in [6.07, 6.45) is 0. The van der Waals surface area contributed by atoms with Crippen LogP contribution in [0.5, 0.6) is 0 Å². The molecule has 0 aliphatic rings. The third-order valence-electron chi connectivity index (χ3n) is 3.23. The van der Waals surface area contributed by atoms with E-state index in [1.54, 1.807) is 6.07 Å². The summed E-state index contributed by atoms with van der Waals surface area (Å²) in [5.74, 6) is -1.04. The second kappa shape index (κ2) is 5.97. The van der Waals surface area contributed by atoms with Gasteiger partial charge in [-0.25, -0.2) is 4.39 Å². The standard InChI is InChI=1S/C15H17BrFN3O/c1-8(2)20-10(4)14(9(3)19-20)18-15(21)12-7-11(16)5-6-13(12)17/h5-8H,1-4H3,(H,18,21). The van der Waals surface area contributed by atoms with Gasteiger partial charge in [-0.2, -0.15) is 5.10 Å². The molecule has 0 bridgehead atoms. The molecule has 1 heterocycles. The molecule has 0 saturated heterocycles. The van der Waals surface area contributed by atoms with Crippen molar-refractivity contribution in [2.24, 2.45) is 0 Å². The monoisotopic (exact) mass is 353 g/mol. The molecular weight excluding hydrogens is 337 g/mol. The van der Waals surface area contributed by atoms with Gasteiger partial charge in [-0.15, -0.1) is 0 Å². The number of nitrogens with zero attached hydrogens (tertiary/aromatic N) is 2. The van der Waals surface area contributed by atoms with E-state index >= 15 is 0 Å². The molecule has 1 aromatic heterocycles. The van der Waals surface area contributed by atoms with Gasteiger partial charge < -0.3 is 5.32 Å². The number of aromatic nitrogens is 2. The molecule has 2 rings (SSSR count). The molecule has 0 radical (unpaired) electrons. The molecule has 1 amide bonds. The van der Waals surface area contributed by atoms with E-state index in [4.69, 9.17) is 0 Å². The maximum Gasteiger partial charge on any atom is 0.258 e. The zero-order valence-electron chi connectivity index (χ0n) is 12.4. The molecule has 0 aliphatic carbocycles. The van der Waals surface area contributed by atoms with E-state index in [1.807, 2.05) is 32.4 Å². The number of hydrogen-bond donors (Lipinski definition) is 1. The van der Waals surface area contributed by atoms with Crippen LogP contribution in [-0.2, 0) is 0 Å². The number of anilines is 1. The van der Waals surface area contributed by atoms with Gasteiger partial charge in [0, 0.05) is 10.5 Å². The van der Waals surface area contributed by atoms with E-state index in [2.05, 4.69) is 26.3 Å². The van der Waals surface area contributed by atoms with Crippen LogP contribution in [0.2, 0.25) is 0 Å². The Hall–Kier alpha value is -1.69. The summed E-state index contributed by atoms with van der Waals surface area (Å²) >= 11 is 3.24. The predicted molar refractivity (Wildman–Crippen MR) is 84.1 cm³/mol. The number of carbonyl (C=O) groups is 1. The first-order valence-electron chi connectivity index (χ1n) is 6.63. The molecule has 6 heteroatoms. The van der Waals surface area contributed by atoms with Crippen molar-refractivity contribution in [3.05, 3.63) is 45.4 Å². The molecule has 0 aliphatic heterocycles. The summed E-state index contributed by atoms with van der Waals surface area (Å²) in [7, 11) is 0. The summed E-state index contributed by atoms with van der Waals surface area (Å²) in [4.78, 5) is 12.3. The van der Waals surface area contributed by atoms with Crippen LogP contribution in [0.25, 0.3) is 0 Å². The van der Waals surface area contributed by atoms with E-state index in [-0.39, 0.29) is 11.6 Å². The SMILES string of the molecule is Cc1nn(C(C)C)c(C)c1NC(=O)c1cc(Br)ccc1F. The first-order chi connectivity index (χ1) is 9.81. The average molecular weight is 354 g/mol. The van der Waals surface area contributed by atoms with Crippen molar-refractivity contribution < 1.29 is 9.18 Å². The zero-order valence-corrected chi connectivity index (χ0v) is 14.0. The van der Waals surface area contributed by atoms with Crippen molar-refractivity contribution in [2.45, 2.75) is 33.7 Å². The summed E-state index contributed by atoms with van der Waals surface area (Å²) < 4.78 is 16.2. The highest BCUT2D eigenvalue weighted by atomic mass is 79.9. The molecule has 0 atom stereocenters. The van der Waals surface area contributed by atoms with Gasteiger partial charge in [0.2, 0.25) is 0 Å². The number of amides is 1. The lowest BCUT2D eigenvalue weighted by molar-refractivity contribution is 0.102. The van der Waals surface area contributed by atoms with Crippen LogP contribution < -0.4 is 5.32 Å². The third kappa shape index (κ3) is 3.15. The van der Waals surface area contributed by atoms with E-state index in [9.17, 15) is 9.18 Å².